The van der Waals surface area contributed by atoms with E-state index < -0.39 is 0 Å². The Morgan fingerprint density at radius 1 is 0.769 bits per heavy atom. The van der Waals surface area contributed by atoms with Crippen molar-refractivity contribution < 1.29 is 14.7 Å². The second-order valence-corrected chi connectivity index (χ2v) is 5.85. The van der Waals surface area contributed by atoms with Crippen LogP contribution >= 0.6 is 0 Å². The second-order valence-electron chi connectivity index (χ2n) is 5.85. The number of aryl methyl sites for hydroxylation is 1. The number of carbonyl (C=O) groups excluding carboxylic acids is 2. The first-order valence-electron chi connectivity index (χ1n) is 8.10. The Morgan fingerprint density at radius 3 is 2.08 bits per heavy atom. The van der Waals surface area contributed by atoms with Crippen LogP contribution in [0.2, 0.25) is 0 Å². The van der Waals surface area contributed by atoms with Gasteiger partial charge < -0.3 is 15.7 Å². The molecule has 0 saturated carbocycles. The minimum atomic E-state index is -0.292. The number of hydrogen-bond acceptors (Lipinski definition) is 3. The summed E-state index contributed by atoms with van der Waals surface area (Å²) < 4.78 is 0. The van der Waals surface area contributed by atoms with Gasteiger partial charge in [0, 0.05) is 22.5 Å². The number of aromatic hydroxyl groups is 1. The molecule has 0 aliphatic carbocycles. The minimum absolute atomic E-state index is 0.100. The Bertz CT molecular complexity index is 935. The van der Waals surface area contributed by atoms with Gasteiger partial charge in [-0.3, -0.25) is 9.59 Å². The van der Waals surface area contributed by atoms with E-state index in [9.17, 15) is 14.7 Å². The zero-order valence-corrected chi connectivity index (χ0v) is 14.2. The summed E-state index contributed by atoms with van der Waals surface area (Å²) in [4.78, 5) is 24.6. The average Bonchev–Trinajstić information content (AvgIpc) is 2.65. The van der Waals surface area contributed by atoms with Crippen LogP contribution in [-0.4, -0.2) is 16.9 Å². The van der Waals surface area contributed by atoms with Crippen molar-refractivity contribution in [2.45, 2.75) is 6.92 Å². The molecule has 5 nitrogen and oxygen atoms in total. The van der Waals surface area contributed by atoms with Crippen LogP contribution in [0.3, 0.4) is 0 Å². The predicted octanol–water partition coefficient (Wildman–Crippen LogP) is 4.21. The van der Waals surface area contributed by atoms with Gasteiger partial charge in [-0.2, -0.15) is 0 Å². The lowest BCUT2D eigenvalue weighted by molar-refractivity contribution is 0.101. The smallest absolute Gasteiger partial charge is 0.255 e. The molecule has 0 unspecified atom stereocenters. The fraction of sp³-hybridized carbons (Fsp3) is 0.0476. The molecule has 3 N–H and O–H groups in total. The highest BCUT2D eigenvalue weighted by Gasteiger charge is 2.10. The third-order valence-electron chi connectivity index (χ3n) is 3.91. The average molecular weight is 346 g/mol. The zero-order chi connectivity index (χ0) is 18.5. The number of benzene rings is 3. The monoisotopic (exact) mass is 346 g/mol. The fourth-order valence-corrected chi connectivity index (χ4v) is 2.43. The van der Waals surface area contributed by atoms with E-state index in [1.807, 2.05) is 19.1 Å². The summed E-state index contributed by atoms with van der Waals surface area (Å²) in [6.45, 7) is 1.87. The van der Waals surface area contributed by atoms with Crippen molar-refractivity contribution in [3.05, 3.63) is 89.5 Å². The van der Waals surface area contributed by atoms with Crippen LogP contribution in [0.1, 0.15) is 26.3 Å². The highest BCUT2D eigenvalue weighted by Crippen LogP contribution is 2.22. The molecule has 0 fully saturated rings. The van der Waals surface area contributed by atoms with Crippen molar-refractivity contribution in [1.82, 2.24) is 0 Å². The van der Waals surface area contributed by atoms with E-state index in [0.29, 0.717) is 22.5 Å². The van der Waals surface area contributed by atoms with Gasteiger partial charge in [0.2, 0.25) is 0 Å². The third kappa shape index (κ3) is 4.08. The van der Waals surface area contributed by atoms with E-state index in [1.54, 1.807) is 48.5 Å². The first kappa shape index (κ1) is 17.2. The van der Waals surface area contributed by atoms with Gasteiger partial charge in [0.1, 0.15) is 5.75 Å². The number of nitrogens with one attached hydrogen (secondary N) is 2. The van der Waals surface area contributed by atoms with Crippen molar-refractivity contribution >= 4 is 23.2 Å². The maximum atomic E-state index is 12.4. The molecule has 0 heterocycles. The third-order valence-corrected chi connectivity index (χ3v) is 3.91. The number of phenols is 1. The number of amides is 2. The Hall–Kier alpha value is -3.60. The number of hydrogen-bond donors (Lipinski definition) is 3. The lowest BCUT2D eigenvalue weighted by Gasteiger charge is -2.12. The summed E-state index contributed by atoms with van der Waals surface area (Å²) in [5, 5.41) is 15.0. The number of phenolic OH excluding ortho intramolecular Hbond substituents is 1. The van der Waals surface area contributed by atoms with Gasteiger partial charge >= 0.3 is 0 Å². The van der Waals surface area contributed by atoms with Gasteiger partial charge in [-0.25, -0.2) is 0 Å². The van der Waals surface area contributed by atoms with E-state index in [0.717, 1.165) is 5.56 Å². The summed E-state index contributed by atoms with van der Waals surface area (Å²) in [7, 11) is 0. The standard InChI is InChI=1S/C21H18N2O3/c1-14-7-10-17(22-20(25)15-5-3-2-4-6-15)13-19(14)23-21(26)16-8-11-18(24)12-9-16/h2-13,24H,1H3,(H,22,25)(H,23,26). The molecule has 0 atom stereocenters. The summed E-state index contributed by atoms with van der Waals surface area (Å²) >= 11 is 0. The Morgan fingerprint density at radius 2 is 1.38 bits per heavy atom. The molecule has 0 aliphatic rings. The van der Waals surface area contributed by atoms with E-state index in [1.165, 1.54) is 12.1 Å². The predicted molar refractivity (Wildman–Crippen MR) is 102 cm³/mol. The van der Waals surface area contributed by atoms with Gasteiger partial charge in [0.15, 0.2) is 0 Å². The van der Waals surface area contributed by atoms with Crippen LogP contribution in [0.4, 0.5) is 11.4 Å². The molecule has 0 aromatic heterocycles. The highest BCUT2D eigenvalue weighted by atomic mass is 16.3. The SMILES string of the molecule is Cc1ccc(NC(=O)c2ccccc2)cc1NC(=O)c1ccc(O)cc1. The Labute approximate surface area is 151 Å². The molecular weight excluding hydrogens is 328 g/mol. The van der Waals surface area contributed by atoms with E-state index in [2.05, 4.69) is 10.6 Å². The van der Waals surface area contributed by atoms with Gasteiger partial charge in [-0.05, 0) is 61.0 Å². The molecule has 3 aromatic rings. The number of rotatable bonds is 4. The fourth-order valence-electron chi connectivity index (χ4n) is 2.43. The van der Waals surface area contributed by atoms with Crippen LogP contribution in [0.5, 0.6) is 5.75 Å². The molecule has 3 rings (SSSR count). The lowest BCUT2D eigenvalue weighted by Crippen LogP contribution is -2.14. The van der Waals surface area contributed by atoms with Crippen molar-refractivity contribution in [3.8, 4) is 5.75 Å². The van der Waals surface area contributed by atoms with Gasteiger partial charge in [-0.1, -0.05) is 24.3 Å². The largest absolute Gasteiger partial charge is 0.508 e. The molecule has 5 heteroatoms. The normalized spacial score (nSPS) is 10.2. The summed E-state index contributed by atoms with van der Waals surface area (Å²) in [6.07, 6.45) is 0. The lowest BCUT2D eigenvalue weighted by atomic mass is 10.1. The maximum absolute atomic E-state index is 12.4. The molecule has 0 aliphatic heterocycles. The summed E-state index contributed by atoms with van der Waals surface area (Å²) in [6, 6.07) is 20.2. The first-order valence-corrected chi connectivity index (χ1v) is 8.10. The van der Waals surface area contributed by atoms with E-state index in [4.69, 9.17) is 0 Å². The van der Waals surface area contributed by atoms with Gasteiger partial charge in [-0.15, -0.1) is 0 Å². The van der Waals surface area contributed by atoms with Crippen molar-refractivity contribution in [1.29, 1.82) is 0 Å². The topological polar surface area (TPSA) is 78.4 Å². The van der Waals surface area contributed by atoms with Crippen LogP contribution < -0.4 is 10.6 Å². The molecule has 2 amide bonds. The molecule has 26 heavy (non-hydrogen) atoms. The number of anilines is 2. The first-order chi connectivity index (χ1) is 12.5. The summed E-state index contributed by atoms with van der Waals surface area (Å²) in [5.41, 5.74) is 3.05. The quantitative estimate of drug-likeness (QED) is 0.662. The van der Waals surface area contributed by atoms with Crippen molar-refractivity contribution in [2.75, 3.05) is 10.6 Å². The van der Waals surface area contributed by atoms with Crippen LogP contribution in [0.15, 0.2) is 72.8 Å². The molecule has 130 valence electrons. The van der Waals surface area contributed by atoms with Gasteiger partial charge in [0.25, 0.3) is 11.8 Å². The van der Waals surface area contributed by atoms with Crippen molar-refractivity contribution in [3.63, 3.8) is 0 Å². The van der Waals surface area contributed by atoms with Crippen LogP contribution in [0.25, 0.3) is 0 Å². The van der Waals surface area contributed by atoms with Crippen LogP contribution in [0, 0.1) is 6.92 Å². The molecule has 0 bridgehead atoms. The molecule has 0 saturated heterocycles. The molecule has 0 radical (unpaired) electrons. The molecular formula is C21H18N2O3. The van der Waals surface area contributed by atoms with E-state index in [-0.39, 0.29) is 17.6 Å². The minimum Gasteiger partial charge on any atom is -0.508 e. The molecule has 0 spiro atoms. The molecule has 3 aromatic carbocycles. The Balaban J connectivity index is 1.76. The Kier molecular flexibility index (Phi) is 4.99. The van der Waals surface area contributed by atoms with Gasteiger partial charge in [0.05, 0.1) is 0 Å². The van der Waals surface area contributed by atoms with Crippen molar-refractivity contribution in [2.24, 2.45) is 0 Å². The highest BCUT2D eigenvalue weighted by molar-refractivity contribution is 6.06. The second kappa shape index (κ2) is 7.53. The summed E-state index contributed by atoms with van der Waals surface area (Å²) in [5.74, 6) is -0.409. The van der Waals surface area contributed by atoms with Crippen LogP contribution in [-0.2, 0) is 0 Å². The number of carbonyl (C=O) groups is 2. The zero-order valence-electron chi connectivity index (χ0n) is 14.2. The van der Waals surface area contributed by atoms with E-state index >= 15 is 0 Å². The maximum Gasteiger partial charge on any atom is 0.255 e.